The second-order valence-electron chi connectivity index (χ2n) is 5.93. The minimum Gasteiger partial charge on any atom is -0.394 e. The number of aromatic nitrogens is 2. The summed E-state index contributed by atoms with van der Waals surface area (Å²) in [6.45, 7) is 7.99. The maximum Gasteiger partial charge on any atom is 0.145 e. The fourth-order valence-electron chi connectivity index (χ4n) is 2.10. The van der Waals surface area contributed by atoms with Crippen LogP contribution in [0, 0.1) is 0 Å². The van der Waals surface area contributed by atoms with Crippen molar-refractivity contribution in [1.29, 1.82) is 0 Å². The first-order valence-electron chi connectivity index (χ1n) is 6.77. The van der Waals surface area contributed by atoms with E-state index in [1.807, 2.05) is 4.90 Å². The van der Waals surface area contributed by atoms with Gasteiger partial charge in [0.05, 0.1) is 25.9 Å². The van der Waals surface area contributed by atoms with Gasteiger partial charge < -0.3 is 20.2 Å². The molecule has 1 fully saturated rings. The molecule has 1 aliphatic heterocycles. The number of nitrogens with zero attached hydrogens (tertiary/aromatic N) is 3. The van der Waals surface area contributed by atoms with Crippen LogP contribution in [0.4, 0.5) is 11.6 Å². The number of nitrogens with two attached hydrogens (primary N) is 1. The van der Waals surface area contributed by atoms with Crippen LogP contribution in [-0.4, -0.2) is 47.5 Å². The van der Waals surface area contributed by atoms with Crippen molar-refractivity contribution in [2.24, 2.45) is 5.84 Å². The minimum atomic E-state index is -0.178. The third-order valence-corrected chi connectivity index (χ3v) is 3.26. The van der Waals surface area contributed by atoms with E-state index in [-0.39, 0.29) is 18.1 Å². The molecule has 1 unspecified atom stereocenters. The number of morpholine rings is 1. The molecule has 7 heteroatoms. The van der Waals surface area contributed by atoms with Gasteiger partial charge in [-0.1, -0.05) is 20.8 Å². The summed E-state index contributed by atoms with van der Waals surface area (Å²) in [6.07, 6.45) is 0. The van der Waals surface area contributed by atoms with Gasteiger partial charge >= 0.3 is 0 Å². The number of rotatable bonds is 3. The molecule has 4 N–H and O–H groups in total. The zero-order chi connectivity index (χ0) is 14.8. The summed E-state index contributed by atoms with van der Waals surface area (Å²) >= 11 is 0. The molecular formula is C13H23N5O2. The molecule has 0 aliphatic carbocycles. The number of aliphatic hydroxyl groups excluding tert-OH is 1. The van der Waals surface area contributed by atoms with Gasteiger partial charge in [0, 0.05) is 18.0 Å². The van der Waals surface area contributed by atoms with Gasteiger partial charge in [-0.3, -0.25) is 0 Å². The Morgan fingerprint density at radius 3 is 2.85 bits per heavy atom. The molecule has 7 nitrogen and oxygen atoms in total. The molecule has 2 heterocycles. The highest BCUT2D eigenvalue weighted by molar-refractivity contribution is 5.50. The van der Waals surface area contributed by atoms with Crippen LogP contribution in [0.2, 0.25) is 0 Å². The van der Waals surface area contributed by atoms with Crippen molar-refractivity contribution in [3.63, 3.8) is 0 Å². The predicted octanol–water partition coefficient (Wildman–Crippen LogP) is 0.257. The largest absolute Gasteiger partial charge is 0.394 e. The summed E-state index contributed by atoms with van der Waals surface area (Å²) in [4.78, 5) is 11.1. The number of nitrogens with one attached hydrogen (secondary N) is 1. The summed E-state index contributed by atoms with van der Waals surface area (Å²) in [6, 6.07) is 1.71. The van der Waals surface area contributed by atoms with Crippen LogP contribution in [0.5, 0.6) is 0 Å². The number of hydrogen-bond acceptors (Lipinski definition) is 7. The first-order chi connectivity index (χ1) is 9.45. The molecule has 0 bridgehead atoms. The second-order valence-corrected chi connectivity index (χ2v) is 5.93. The van der Waals surface area contributed by atoms with Crippen LogP contribution in [-0.2, 0) is 10.2 Å². The molecule has 1 atom stereocenters. The molecule has 1 aromatic heterocycles. The lowest BCUT2D eigenvalue weighted by molar-refractivity contribution is 0.0722. The fraction of sp³-hybridized carbons (Fsp3) is 0.692. The Bertz CT molecular complexity index is 461. The van der Waals surface area contributed by atoms with Crippen molar-refractivity contribution in [1.82, 2.24) is 9.97 Å². The van der Waals surface area contributed by atoms with Crippen molar-refractivity contribution in [3.05, 3.63) is 11.9 Å². The van der Waals surface area contributed by atoms with Crippen molar-refractivity contribution in [2.45, 2.75) is 32.2 Å². The highest BCUT2D eigenvalue weighted by atomic mass is 16.5. The number of aliphatic hydroxyl groups is 1. The second kappa shape index (κ2) is 5.90. The highest BCUT2D eigenvalue weighted by Crippen LogP contribution is 2.25. The molecule has 0 radical (unpaired) electrons. The average molecular weight is 281 g/mol. The van der Waals surface area contributed by atoms with Gasteiger partial charge in [0.25, 0.3) is 0 Å². The van der Waals surface area contributed by atoms with E-state index in [4.69, 9.17) is 10.6 Å². The predicted molar refractivity (Wildman–Crippen MR) is 77.6 cm³/mol. The maximum atomic E-state index is 9.47. The summed E-state index contributed by atoms with van der Waals surface area (Å²) in [7, 11) is 0. The van der Waals surface area contributed by atoms with Gasteiger partial charge in [0.1, 0.15) is 17.5 Å². The van der Waals surface area contributed by atoms with E-state index in [1.165, 1.54) is 0 Å². The molecule has 0 saturated carbocycles. The van der Waals surface area contributed by atoms with E-state index < -0.39 is 0 Å². The Labute approximate surface area is 119 Å². The van der Waals surface area contributed by atoms with Crippen molar-refractivity contribution >= 4 is 11.6 Å². The Morgan fingerprint density at radius 1 is 1.50 bits per heavy atom. The summed E-state index contributed by atoms with van der Waals surface area (Å²) in [5, 5.41) is 9.47. The molecule has 1 saturated heterocycles. The first-order valence-corrected chi connectivity index (χ1v) is 6.77. The molecule has 0 spiro atoms. The molecule has 2 rings (SSSR count). The van der Waals surface area contributed by atoms with Crippen molar-refractivity contribution in [3.8, 4) is 0 Å². The smallest absolute Gasteiger partial charge is 0.145 e. The van der Waals surface area contributed by atoms with Crippen LogP contribution < -0.4 is 16.2 Å². The van der Waals surface area contributed by atoms with Crippen molar-refractivity contribution in [2.75, 3.05) is 36.7 Å². The maximum absolute atomic E-state index is 9.47. The van der Waals surface area contributed by atoms with Crippen molar-refractivity contribution < 1.29 is 9.84 Å². The third-order valence-electron chi connectivity index (χ3n) is 3.26. The molecule has 20 heavy (non-hydrogen) atoms. The number of anilines is 2. The van der Waals surface area contributed by atoms with Crippen LogP contribution in [0.25, 0.3) is 0 Å². The molecule has 0 aromatic carbocycles. The third kappa shape index (κ3) is 3.17. The summed E-state index contributed by atoms with van der Waals surface area (Å²) in [5.41, 5.74) is 2.40. The molecule has 0 amide bonds. The van der Waals surface area contributed by atoms with Gasteiger partial charge in [0.15, 0.2) is 0 Å². The van der Waals surface area contributed by atoms with Crippen LogP contribution in [0.3, 0.4) is 0 Å². The van der Waals surface area contributed by atoms with Gasteiger partial charge in [-0.05, 0) is 0 Å². The molecular weight excluding hydrogens is 258 g/mol. The Hall–Kier alpha value is -1.44. The number of hydrazine groups is 1. The Balaban J connectivity index is 2.39. The van der Waals surface area contributed by atoms with Gasteiger partial charge in [-0.25, -0.2) is 15.8 Å². The van der Waals surface area contributed by atoms with E-state index in [0.717, 1.165) is 5.82 Å². The minimum absolute atomic E-state index is 0.0280. The quantitative estimate of drug-likeness (QED) is 0.540. The lowest BCUT2D eigenvalue weighted by atomic mass is 9.95. The highest BCUT2D eigenvalue weighted by Gasteiger charge is 2.26. The van der Waals surface area contributed by atoms with Gasteiger partial charge in [-0.2, -0.15) is 0 Å². The molecule has 1 aromatic rings. The number of ether oxygens (including phenoxy) is 1. The molecule has 112 valence electrons. The zero-order valence-corrected chi connectivity index (χ0v) is 12.3. The van der Waals surface area contributed by atoms with E-state index in [9.17, 15) is 5.11 Å². The van der Waals surface area contributed by atoms with E-state index in [0.29, 0.717) is 31.4 Å². The standard InChI is InChI=1S/C13H23N5O2/c1-13(2,3)12-15-10(17-14)6-11(16-12)18-4-5-20-8-9(18)7-19/h6,9,19H,4-5,7-8,14H2,1-3H3,(H,15,16,17). The SMILES string of the molecule is CC(C)(C)c1nc(NN)cc(N2CCOCC2CO)n1. The zero-order valence-electron chi connectivity index (χ0n) is 12.3. The first kappa shape index (κ1) is 15.0. The topological polar surface area (TPSA) is 96.5 Å². The van der Waals surface area contributed by atoms with E-state index in [2.05, 4.69) is 36.2 Å². The van der Waals surface area contributed by atoms with Gasteiger partial charge in [0.2, 0.25) is 0 Å². The summed E-state index contributed by atoms with van der Waals surface area (Å²) in [5.74, 6) is 7.55. The lowest BCUT2D eigenvalue weighted by Gasteiger charge is -2.36. The van der Waals surface area contributed by atoms with Gasteiger partial charge in [-0.15, -0.1) is 0 Å². The monoisotopic (exact) mass is 281 g/mol. The normalized spacial score (nSPS) is 20.1. The Morgan fingerprint density at radius 2 is 2.25 bits per heavy atom. The van der Waals surface area contributed by atoms with Crippen LogP contribution in [0.1, 0.15) is 26.6 Å². The fourth-order valence-corrected chi connectivity index (χ4v) is 2.10. The van der Waals surface area contributed by atoms with Crippen LogP contribution >= 0.6 is 0 Å². The molecule has 1 aliphatic rings. The van der Waals surface area contributed by atoms with E-state index >= 15 is 0 Å². The number of nitrogen functional groups attached to an aromatic ring is 1. The summed E-state index contributed by atoms with van der Waals surface area (Å²) < 4.78 is 5.39. The number of hydrogen-bond donors (Lipinski definition) is 3. The lowest BCUT2D eigenvalue weighted by Crippen LogP contribution is -2.48. The van der Waals surface area contributed by atoms with E-state index in [1.54, 1.807) is 6.07 Å². The average Bonchev–Trinajstić information content (AvgIpc) is 2.45. The van der Waals surface area contributed by atoms with Crippen LogP contribution in [0.15, 0.2) is 6.07 Å². The Kier molecular flexibility index (Phi) is 4.42.